The van der Waals surface area contributed by atoms with Crippen LogP contribution >= 0.6 is 0 Å². The van der Waals surface area contributed by atoms with Gasteiger partial charge in [0.15, 0.2) is 0 Å². The van der Waals surface area contributed by atoms with Crippen molar-refractivity contribution in [1.82, 2.24) is 0 Å². The van der Waals surface area contributed by atoms with E-state index in [-0.39, 0.29) is 5.75 Å². The maximum absolute atomic E-state index is 10.7. The third-order valence-corrected chi connectivity index (χ3v) is 3.70. The van der Waals surface area contributed by atoms with Crippen LogP contribution in [0.3, 0.4) is 0 Å². The second-order valence-corrected chi connectivity index (χ2v) is 5.91. The lowest BCUT2D eigenvalue weighted by molar-refractivity contribution is 0.481. The normalized spacial score (nSPS) is 11.4. The Morgan fingerprint density at radius 2 is 1.80 bits per heavy atom. The molecular weight excluding hydrogens is 280 g/mol. The van der Waals surface area contributed by atoms with Crippen LogP contribution in [-0.2, 0) is 10.1 Å². The van der Waals surface area contributed by atoms with Gasteiger partial charge in [0.1, 0.15) is 5.69 Å². The molecule has 0 aliphatic rings. The zero-order valence-corrected chi connectivity index (χ0v) is 11.4. The van der Waals surface area contributed by atoms with Crippen molar-refractivity contribution < 1.29 is 13.0 Å². The molecule has 0 atom stereocenters. The fraction of sp³-hybridized carbons (Fsp3) is 0.231. The van der Waals surface area contributed by atoms with Gasteiger partial charge in [0, 0.05) is 23.0 Å². The SMILES string of the molecule is O=Nc1ccc(NCCCS(=O)(=O)O)c2ccccc12. The topological polar surface area (TPSA) is 95.8 Å². The summed E-state index contributed by atoms with van der Waals surface area (Å²) in [5.41, 5.74) is 1.16. The summed E-state index contributed by atoms with van der Waals surface area (Å²) in [6.45, 7) is 0.400. The van der Waals surface area contributed by atoms with Gasteiger partial charge in [-0.2, -0.15) is 8.42 Å². The fourth-order valence-electron chi connectivity index (χ4n) is 1.99. The Kier molecular flexibility index (Phi) is 4.31. The van der Waals surface area contributed by atoms with Crippen LogP contribution in [0.15, 0.2) is 41.6 Å². The number of benzene rings is 2. The Labute approximate surface area is 116 Å². The highest BCUT2D eigenvalue weighted by Gasteiger charge is 2.07. The van der Waals surface area contributed by atoms with Crippen LogP contribution in [0.2, 0.25) is 0 Å². The van der Waals surface area contributed by atoms with E-state index in [0.717, 1.165) is 16.5 Å². The van der Waals surface area contributed by atoms with Crippen LogP contribution in [0, 0.1) is 4.91 Å². The van der Waals surface area contributed by atoms with Gasteiger partial charge in [-0.25, -0.2) is 0 Å². The molecule has 0 radical (unpaired) electrons. The van der Waals surface area contributed by atoms with Gasteiger partial charge >= 0.3 is 0 Å². The van der Waals surface area contributed by atoms with E-state index in [1.54, 1.807) is 18.2 Å². The molecule has 0 aliphatic heterocycles. The maximum atomic E-state index is 10.7. The molecule has 20 heavy (non-hydrogen) atoms. The lowest BCUT2D eigenvalue weighted by atomic mass is 10.1. The molecule has 2 rings (SSSR count). The molecule has 0 bridgehead atoms. The summed E-state index contributed by atoms with van der Waals surface area (Å²) in [5.74, 6) is -0.286. The molecule has 0 amide bonds. The number of nitrogens with one attached hydrogen (secondary N) is 1. The minimum absolute atomic E-state index is 0.286. The van der Waals surface area contributed by atoms with E-state index < -0.39 is 10.1 Å². The maximum Gasteiger partial charge on any atom is 0.264 e. The molecule has 0 unspecified atom stereocenters. The van der Waals surface area contributed by atoms with E-state index in [4.69, 9.17) is 4.55 Å². The van der Waals surface area contributed by atoms with Crippen LogP contribution in [0.5, 0.6) is 0 Å². The van der Waals surface area contributed by atoms with Gasteiger partial charge in [-0.1, -0.05) is 24.3 Å². The summed E-state index contributed by atoms with van der Waals surface area (Å²) in [4.78, 5) is 10.7. The predicted molar refractivity (Wildman–Crippen MR) is 78.9 cm³/mol. The standard InChI is InChI=1S/C13H14N2O4S/c16-15-13-7-6-12(10-4-1-2-5-11(10)13)14-8-3-9-20(17,18)19/h1-2,4-7,14H,3,8-9H2,(H,17,18,19). The van der Waals surface area contributed by atoms with E-state index >= 15 is 0 Å². The molecule has 2 aromatic carbocycles. The third-order valence-electron chi connectivity index (χ3n) is 2.89. The van der Waals surface area contributed by atoms with Gasteiger partial charge in [-0.3, -0.25) is 4.55 Å². The smallest absolute Gasteiger partial charge is 0.264 e. The Hall–Kier alpha value is -1.99. The number of nitroso groups, excluding NO2 is 1. The Balaban J connectivity index is 2.17. The molecule has 0 saturated carbocycles. The van der Waals surface area contributed by atoms with Gasteiger partial charge in [-0.15, -0.1) is 4.91 Å². The molecule has 0 aliphatic carbocycles. The fourth-order valence-corrected chi connectivity index (χ4v) is 2.50. The van der Waals surface area contributed by atoms with Crippen molar-refractivity contribution in [2.75, 3.05) is 17.6 Å². The highest BCUT2D eigenvalue weighted by molar-refractivity contribution is 7.85. The van der Waals surface area contributed by atoms with Crippen LogP contribution in [0.25, 0.3) is 10.8 Å². The largest absolute Gasteiger partial charge is 0.385 e. The number of anilines is 1. The Morgan fingerprint density at radius 3 is 2.45 bits per heavy atom. The van der Waals surface area contributed by atoms with Crippen LogP contribution < -0.4 is 5.32 Å². The first kappa shape index (κ1) is 14.4. The zero-order chi connectivity index (χ0) is 14.6. The second kappa shape index (κ2) is 5.98. The van der Waals surface area contributed by atoms with Crippen molar-refractivity contribution >= 4 is 32.3 Å². The highest BCUT2D eigenvalue weighted by atomic mass is 32.2. The molecule has 2 N–H and O–H groups in total. The summed E-state index contributed by atoms with van der Waals surface area (Å²) >= 11 is 0. The van der Waals surface area contributed by atoms with E-state index in [0.29, 0.717) is 18.7 Å². The van der Waals surface area contributed by atoms with Crippen LogP contribution in [0.1, 0.15) is 6.42 Å². The monoisotopic (exact) mass is 294 g/mol. The van der Waals surface area contributed by atoms with Crippen molar-refractivity contribution in [1.29, 1.82) is 0 Å². The lowest BCUT2D eigenvalue weighted by Crippen LogP contribution is -2.10. The minimum atomic E-state index is -3.93. The Morgan fingerprint density at radius 1 is 1.10 bits per heavy atom. The van der Waals surface area contributed by atoms with Crippen LogP contribution in [-0.4, -0.2) is 25.3 Å². The van der Waals surface area contributed by atoms with Crippen molar-refractivity contribution in [3.63, 3.8) is 0 Å². The van der Waals surface area contributed by atoms with Gasteiger partial charge in [0.05, 0.1) is 5.75 Å². The van der Waals surface area contributed by atoms with Gasteiger partial charge in [0.25, 0.3) is 10.1 Å². The number of hydrogen-bond donors (Lipinski definition) is 2. The number of nitrogens with zero attached hydrogens (tertiary/aromatic N) is 1. The summed E-state index contributed by atoms with van der Waals surface area (Å²) in [6.07, 6.45) is 0.293. The molecule has 106 valence electrons. The second-order valence-electron chi connectivity index (χ2n) is 4.34. The quantitative estimate of drug-likeness (QED) is 0.485. The number of fused-ring (bicyclic) bond motifs is 1. The molecule has 0 spiro atoms. The first-order valence-electron chi connectivity index (χ1n) is 6.05. The average molecular weight is 294 g/mol. The van der Waals surface area contributed by atoms with Crippen LogP contribution in [0.4, 0.5) is 11.4 Å². The highest BCUT2D eigenvalue weighted by Crippen LogP contribution is 2.31. The first-order chi connectivity index (χ1) is 9.51. The zero-order valence-electron chi connectivity index (χ0n) is 10.6. The number of hydrogen-bond acceptors (Lipinski definition) is 5. The molecule has 2 aromatic rings. The van der Waals surface area contributed by atoms with Crippen molar-refractivity contribution in [3.05, 3.63) is 41.3 Å². The van der Waals surface area contributed by atoms with E-state index in [1.807, 2.05) is 18.2 Å². The van der Waals surface area contributed by atoms with E-state index in [9.17, 15) is 13.3 Å². The Bertz CT molecular complexity index is 728. The summed E-state index contributed by atoms with van der Waals surface area (Å²) in [7, 11) is -3.93. The molecular formula is C13H14N2O4S. The summed E-state index contributed by atoms with van der Waals surface area (Å²) < 4.78 is 29.9. The molecule has 0 saturated heterocycles. The minimum Gasteiger partial charge on any atom is -0.385 e. The summed E-state index contributed by atoms with van der Waals surface area (Å²) in [6, 6.07) is 10.7. The molecule has 0 heterocycles. The number of rotatable bonds is 6. The molecule has 7 heteroatoms. The van der Waals surface area contributed by atoms with Gasteiger partial charge < -0.3 is 5.32 Å². The van der Waals surface area contributed by atoms with E-state index in [1.165, 1.54) is 0 Å². The third kappa shape index (κ3) is 3.52. The lowest BCUT2D eigenvalue weighted by Gasteiger charge is -2.10. The van der Waals surface area contributed by atoms with Crippen molar-refractivity contribution in [2.45, 2.75) is 6.42 Å². The molecule has 0 aromatic heterocycles. The average Bonchev–Trinajstić information content (AvgIpc) is 2.42. The summed E-state index contributed by atoms with van der Waals surface area (Å²) in [5, 5.41) is 7.65. The van der Waals surface area contributed by atoms with Gasteiger partial charge in [-0.05, 0) is 23.7 Å². The molecule has 0 fully saturated rings. The van der Waals surface area contributed by atoms with E-state index in [2.05, 4.69) is 10.5 Å². The predicted octanol–water partition coefficient (Wildman–Crippen LogP) is 2.93. The van der Waals surface area contributed by atoms with Crippen molar-refractivity contribution in [3.8, 4) is 0 Å². The van der Waals surface area contributed by atoms with Crippen molar-refractivity contribution in [2.24, 2.45) is 5.18 Å². The molecule has 6 nitrogen and oxygen atoms in total. The van der Waals surface area contributed by atoms with Gasteiger partial charge in [0.2, 0.25) is 0 Å². The first-order valence-corrected chi connectivity index (χ1v) is 7.66.